The maximum atomic E-state index is 13.0. The van der Waals surface area contributed by atoms with E-state index in [2.05, 4.69) is 4.72 Å². The van der Waals surface area contributed by atoms with E-state index in [-0.39, 0.29) is 17.2 Å². The highest BCUT2D eigenvalue weighted by Crippen LogP contribution is 2.31. The van der Waals surface area contributed by atoms with Crippen LogP contribution in [0.3, 0.4) is 0 Å². The molecule has 10 heteroatoms. The van der Waals surface area contributed by atoms with Crippen LogP contribution in [-0.2, 0) is 26.6 Å². The Morgan fingerprint density at radius 1 is 1.00 bits per heavy atom. The summed E-state index contributed by atoms with van der Waals surface area (Å²) in [5.41, 5.74) is 2.22. The molecule has 31 heavy (non-hydrogen) atoms. The van der Waals surface area contributed by atoms with Gasteiger partial charge in [0, 0.05) is 13.1 Å². The summed E-state index contributed by atoms with van der Waals surface area (Å²) in [5, 5.41) is 0. The van der Waals surface area contributed by atoms with E-state index in [4.69, 9.17) is 9.47 Å². The van der Waals surface area contributed by atoms with Gasteiger partial charge in [-0.1, -0.05) is 6.07 Å². The topological polar surface area (TPSA) is 102 Å². The molecule has 0 spiro atoms. The van der Waals surface area contributed by atoms with Gasteiger partial charge in [-0.25, -0.2) is 21.6 Å². The molecule has 1 N–H and O–H groups in total. The van der Waals surface area contributed by atoms with E-state index in [0.717, 1.165) is 6.42 Å². The predicted octanol–water partition coefficient (Wildman–Crippen LogP) is 2.73. The van der Waals surface area contributed by atoms with Crippen LogP contribution in [0, 0.1) is 13.8 Å². The number of aryl methyl sites for hydroxylation is 2. The summed E-state index contributed by atoms with van der Waals surface area (Å²) in [4.78, 5) is 0.158. The van der Waals surface area contributed by atoms with Crippen molar-refractivity contribution >= 4 is 25.7 Å². The van der Waals surface area contributed by atoms with Crippen molar-refractivity contribution < 1.29 is 26.3 Å². The molecule has 0 saturated carbocycles. The van der Waals surface area contributed by atoms with E-state index in [0.29, 0.717) is 46.8 Å². The summed E-state index contributed by atoms with van der Waals surface area (Å²) >= 11 is 0. The van der Waals surface area contributed by atoms with E-state index in [1.54, 1.807) is 44.2 Å². The number of anilines is 1. The second-order valence-corrected chi connectivity index (χ2v) is 11.2. The third-order valence-corrected chi connectivity index (χ3v) is 8.84. The van der Waals surface area contributed by atoms with Crippen LogP contribution >= 0.6 is 0 Å². The number of hydrogen-bond acceptors (Lipinski definition) is 6. The van der Waals surface area contributed by atoms with Gasteiger partial charge in [-0.05, 0) is 67.6 Å². The van der Waals surface area contributed by atoms with Crippen LogP contribution in [0.25, 0.3) is 0 Å². The highest BCUT2D eigenvalue weighted by atomic mass is 32.2. The second-order valence-electron chi connectivity index (χ2n) is 7.52. The molecule has 0 aliphatic carbocycles. The molecule has 1 fully saturated rings. The summed E-state index contributed by atoms with van der Waals surface area (Å²) in [5.74, 6) is 1.18. The molecule has 1 aliphatic heterocycles. The number of hydrogen-bond donors (Lipinski definition) is 1. The first-order valence-corrected chi connectivity index (χ1v) is 13.0. The minimum Gasteiger partial charge on any atom is -0.493 e. The molecule has 0 atom stereocenters. The monoisotopic (exact) mass is 468 g/mol. The van der Waals surface area contributed by atoms with Gasteiger partial charge in [-0.3, -0.25) is 4.31 Å². The fourth-order valence-corrected chi connectivity index (χ4v) is 6.91. The fraction of sp³-hybridized carbons (Fsp3) is 0.429. The van der Waals surface area contributed by atoms with Crippen molar-refractivity contribution in [3.63, 3.8) is 0 Å². The van der Waals surface area contributed by atoms with Crippen molar-refractivity contribution in [1.82, 2.24) is 4.72 Å². The molecule has 0 amide bonds. The van der Waals surface area contributed by atoms with E-state index in [1.807, 2.05) is 0 Å². The zero-order valence-electron chi connectivity index (χ0n) is 18.1. The first-order valence-electron chi connectivity index (χ1n) is 9.91. The van der Waals surface area contributed by atoms with Gasteiger partial charge in [0.2, 0.25) is 20.0 Å². The summed E-state index contributed by atoms with van der Waals surface area (Å²) in [6, 6.07) is 8.44. The van der Waals surface area contributed by atoms with Crippen LogP contribution < -0.4 is 18.5 Å². The summed E-state index contributed by atoms with van der Waals surface area (Å²) in [6.45, 7) is 3.84. The van der Waals surface area contributed by atoms with Gasteiger partial charge in [0.1, 0.15) is 0 Å². The van der Waals surface area contributed by atoms with Crippen LogP contribution in [0.4, 0.5) is 5.69 Å². The molecular weight excluding hydrogens is 440 g/mol. The van der Waals surface area contributed by atoms with Gasteiger partial charge in [0.05, 0.1) is 30.6 Å². The van der Waals surface area contributed by atoms with Crippen LogP contribution in [0.2, 0.25) is 0 Å². The lowest BCUT2D eigenvalue weighted by Crippen LogP contribution is -2.38. The fourth-order valence-electron chi connectivity index (χ4n) is 3.82. The number of methoxy groups -OCH3 is 2. The number of sulfonamides is 2. The van der Waals surface area contributed by atoms with Crippen LogP contribution in [0.5, 0.6) is 11.5 Å². The van der Waals surface area contributed by atoms with E-state index in [1.165, 1.54) is 18.5 Å². The van der Waals surface area contributed by atoms with Crippen molar-refractivity contribution in [3.8, 4) is 11.5 Å². The van der Waals surface area contributed by atoms with Crippen molar-refractivity contribution in [1.29, 1.82) is 0 Å². The van der Waals surface area contributed by atoms with Crippen molar-refractivity contribution in [3.05, 3.63) is 47.0 Å². The molecule has 3 rings (SSSR count). The smallest absolute Gasteiger partial charge is 0.241 e. The number of nitrogens with one attached hydrogen (secondary N) is 1. The number of nitrogens with zero attached hydrogens (tertiary/aromatic N) is 1. The van der Waals surface area contributed by atoms with Gasteiger partial charge in [0.15, 0.2) is 11.5 Å². The Kier molecular flexibility index (Phi) is 6.82. The zero-order chi connectivity index (χ0) is 22.8. The molecule has 0 aromatic heterocycles. The molecule has 0 unspecified atom stereocenters. The average molecular weight is 469 g/mol. The normalized spacial score (nSPS) is 16.2. The Morgan fingerprint density at radius 3 is 2.23 bits per heavy atom. The third-order valence-electron chi connectivity index (χ3n) is 5.27. The van der Waals surface area contributed by atoms with E-state index < -0.39 is 20.0 Å². The standard InChI is InChI=1S/C21H28N2O6S2/c1-15-11-18(23-9-5-6-10-30(23,24)25)12-16(2)21(15)31(26,27)22-14-17-7-8-19(28-3)20(13-17)29-4/h7-8,11-13,22H,5-6,9-10,14H2,1-4H3. The Balaban J connectivity index is 1.86. The van der Waals surface area contributed by atoms with Crippen molar-refractivity contribution in [2.24, 2.45) is 0 Å². The Hall–Kier alpha value is -2.30. The van der Waals surface area contributed by atoms with Gasteiger partial charge in [0.25, 0.3) is 0 Å². The summed E-state index contributed by atoms with van der Waals surface area (Å²) in [6.07, 6.45) is 1.42. The number of benzene rings is 2. The first-order chi connectivity index (χ1) is 14.6. The third kappa shape index (κ3) is 4.97. The second kappa shape index (κ2) is 9.05. The highest BCUT2D eigenvalue weighted by Gasteiger charge is 2.28. The molecule has 1 heterocycles. The van der Waals surface area contributed by atoms with Gasteiger partial charge in [-0.2, -0.15) is 0 Å². The first kappa shape index (κ1) is 23.4. The van der Waals surface area contributed by atoms with Gasteiger partial charge < -0.3 is 9.47 Å². The lowest BCUT2D eigenvalue weighted by atomic mass is 10.1. The lowest BCUT2D eigenvalue weighted by Gasteiger charge is -2.29. The molecular formula is C21H28N2O6S2. The molecule has 0 bridgehead atoms. The van der Waals surface area contributed by atoms with Crippen molar-refractivity contribution in [2.75, 3.05) is 30.8 Å². The Bertz CT molecular complexity index is 1150. The molecule has 8 nitrogen and oxygen atoms in total. The molecule has 170 valence electrons. The van der Waals surface area contributed by atoms with Crippen molar-refractivity contribution in [2.45, 2.75) is 38.1 Å². The van der Waals surface area contributed by atoms with E-state index >= 15 is 0 Å². The maximum Gasteiger partial charge on any atom is 0.241 e. The summed E-state index contributed by atoms with van der Waals surface area (Å²) in [7, 11) is -4.14. The largest absolute Gasteiger partial charge is 0.493 e. The predicted molar refractivity (Wildman–Crippen MR) is 120 cm³/mol. The quantitative estimate of drug-likeness (QED) is 0.670. The maximum absolute atomic E-state index is 13.0. The number of ether oxygens (including phenoxy) is 2. The minimum absolute atomic E-state index is 0.0732. The molecule has 1 saturated heterocycles. The van der Waals surface area contributed by atoms with Crippen LogP contribution in [-0.4, -0.2) is 43.4 Å². The molecule has 0 radical (unpaired) electrons. The van der Waals surface area contributed by atoms with Gasteiger partial charge >= 0.3 is 0 Å². The lowest BCUT2D eigenvalue weighted by molar-refractivity contribution is 0.354. The molecule has 1 aliphatic rings. The minimum atomic E-state index is -3.82. The SMILES string of the molecule is COc1ccc(CNS(=O)(=O)c2c(C)cc(N3CCCCS3(=O)=O)cc2C)cc1OC. The van der Waals surface area contributed by atoms with Gasteiger partial charge in [-0.15, -0.1) is 0 Å². The molecule has 2 aromatic rings. The average Bonchev–Trinajstić information content (AvgIpc) is 2.71. The van der Waals surface area contributed by atoms with Crippen LogP contribution in [0.15, 0.2) is 35.2 Å². The Morgan fingerprint density at radius 2 is 1.65 bits per heavy atom. The van der Waals surface area contributed by atoms with E-state index in [9.17, 15) is 16.8 Å². The highest BCUT2D eigenvalue weighted by molar-refractivity contribution is 7.92. The zero-order valence-corrected chi connectivity index (χ0v) is 19.8. The van der Waals surface area contributed by atoms with Crippen LogP contribution in [0.1, 0.15) is 29.5 Å². The molecule has 2 aromatic carbocycles. The summed E-state index contributed by atoms with van der Waals surface area (Å²) < 4.78 is 65.4. The Labute approximate surface area is 184 Å². The number of rotatable bonds is 7.